The predicted molar refractivity (Wildman–Crippen MR) is 93.4 cm³/mol. The first-order chi connectivity index (χ1) is 11.0. The van der Waals surface area contributed by atoms with Crippen LogP contribution >= 0.6 is 0 Å². The van der Waals surface area contributed by atoms with E-state index in [0.29, 0.717) is 31.4 Å². The summed E-state index contributed by atoms with van der Waals surface area (Å²) < 4.78 is 5.68. The van der Waals surface area contributed by atoms with Crippen LogP contribution in [-0.2, 0) is 11.2 Å². The molecular weight excluding hydrogens is 288 g/mol. The van der Waals surface area contributed by atoms with Gasteiger partial charge in [-0.1, -0.05) is 32.9 Å². The minimum atomic E-state index is 0.184. The van der Waals surface area contributed by atoms with Crippen molar-refractivity contribution in [2.45, 2.75) is 46.1 Å². The van der Waals surface area contributed by atoms with Crippen molar-refractivity contribution < 1.29 is 9.53 Å². The average Bonchev–Trinajstić information content (AvgIpc) is 2.53. The number of rotatable bonds is 6. The largest absolute Gasteiger partial charge is 0.493 e. The molecule has 0 aromatic heterocycles. The molecule has 1 aromatic rings. The van der Waals surface area contributed by atoms with E-state index in [-0.39, 0.29) is 11.9 Å². The van der Waals surface area contributed by atoms with Crippen LogP contribution in [0.3, 0.4) is 0 Å². The van der Waals surface area contributed by atoms with Crippen LogP contribution in [0, 0.1) is 11.8 Å². The number of hydrogen-bond donors (Lipinski definition) is 1. The van der Waals surface area contributed by atoms with Gasteiger partial charge in [-0.15, -0.1) is 0 Å². The molecule has 1 saturated heterocycles. The molecule has 0 bridgehead atoms. The van der Waals surface area contributed by atoms with Crippen LogP contribution < -0.4 is 10.5 Å². The number of amides is 1. The van der Waals surface area contributed by atoms with E-state index in [4.69, 9.17) is 10.5 Å². The topological polar surface area (TPSA) is 55.6 Å². The van der Waals surface area contributed by atoms with Crippen LogP contribution in [0.2, 0.25) is 0 Å². The minimum absolute atomic E-state index is 0.184. The van der Waals surface area contributed by atoms with Crippen molar-refractivity contribution in [3.8, 4) is 5.75 Å². The van der Waals surface area contributed by atoms with Crippen molar-refractivity contribution in [2.75, 3.05) is 19.7 Å². The summed E-state index contributed by atoms with van der Waals surface area (Å²) >= 11 is 0. The molecular formula is C19H30N2O2. The Morgan fingerprint density at radius 1 is 1.35 bits per heavy atom. The van der Waals surface area contributed by atoms with E-state index >= 15 is 0 Å². The Kier molecular flexibility index (Phi) is 6.46. The summed E-state index contributed by atoms with van der Waals surface area (Å²) in [6, 6.07) is 8.06. The van der Waals surface area contributed by atoms with Crippen molar-refractivity contribution in [1.82, 2.24) is 4.90 Å². The lowest BCUT2D eigenvalue weighted by molar-refractivity contribution is -0.134. The van der Waals surface area contributed by atoms with Crippen LogP contribution in [0.5, 0.6) is 5.75 Å². The molecule has 4 nitrogen and oxygen atoms in total. The van der Waals surface area contributed by atoms with Gasteiger partial charge in [0.25, 0.3) is 0 Å². The van der Waals surface area contributed by atoms with Crippen LogP contribution in [0.15, 0.2) is 24.3 Å². The number of nitrogens with zero attached hydrogens (tertiary/aromatic N) is 1. The van der Waals surface area contributed by atoms with E-state index in [9.17, 15) is 4.79 Å². The lowest BCUT2D eigenvalue weighted by atomic mass is 9.92. The molecule has 2 unspecified atom stereocenters. The number of benzene rings is 1. The van der Waals surface area contributed by atoms with Crippen molar-refractivity contribution in [3.05, 3.63) is 29.8 Å². The third kappa shape index (κ3) is 5.24. The van der Waals surface area contributed by atoms with Crippen LogP contribution in [-0.4, -0.2) is 36.5 Å². The molecule has 2 rings (SSSR count). The Labute approximate surface area is 140 Å². The number of piperidine rings is 1. The first kappa shape index (κ1) is 17.8. The number of carbonyl (C=O) groups is 1. The molecule has 4 heteroatoms. The molecule has 23 heavy (non-hydrogen) atoms. The van der Waals surface area contributed by atoms with Gasteiger partial charge in [-0.25, -0.2) is 0 Å². The molecule has 2 N–H and O–H groups in total. The summed E-state index contributed by atoms with van der Waals surface area (Å²) in [7, 11) is 0. The van der Waals surface area contributed by atoms with Gasteiger partial charge in [0.05, 0.1) is 13.0 Å². The Morgan fingerprint density at radius 2 is 2.04 bits per heavy atom. The maximum absolute atomic E-state index is 12.6. The fourth-order valence-electron chi connectivity index (χ4n) is 3.05. The first-order valence-corrected chi connectivity index (χ1v) is 8.70. The summed E-state index contributed by atoms with van der Waals surface area (Å²) in [5, 5.41) is 0. The average molecular weight is 318 g/mol. The maximum Gasteiger partial charge on any atom is 0.227 e. The molecule has 1 aliphatic heterocycles. The van der Waals surface area contributed by atoms with Gasteiger partial charge in [0.1, 0.15) is 5.75 Å². The number of likely N-dealkylation sites (tertiary alicyclic amines) is 1. The summed E-state index contributed by atoms with van der Waals surface area (Å²) in [4.78, 5) is 14.6. The number of ether oxygens (including phenoxy) is 1. The summed E-state index contributed by atoms with van der Waals surface area (Å²) in [6.45, 7) is 8.58. The van der Waals surface area contributed by atoms with Gasteiger partial charge in [-0.2, -0.15) is 0 Å². The first-order valence-electron chi connectivity index (χ1n) is 8.70. The van der Waals surface area contributed by atoms with Crippen LogP contribution in [0.1, 0.15) is 39.2 Å². The minimum Gasteiger partial charge on any atom is -0.493 e. The molecule has 1 amide bonds. The van der Waals surface area contributed by atoms with Gasteiger partial charge >= 0.3 is 0 Å². The zero-order chi connectivity index (χ0) is 16.8. The molecule has 1 fully saturated rings. The summed E-state index contributed by atoms with van der Waals surface area (Å²) in [5.74, 6) is 2.21. The Bertz CT molecular complexity index is 499. The normalized spacial score (nSPS) is 21.5. The van der Waals surface area contributed by atoms with E-state index in [1.807, 2.05) is 29.2 Å². The fourth-order valence-corrected chi connectivity index (χ4v) is 3.05. The summed E-state index contributed by atoms with van der Waals surface area (Å²) in [5.41, 5.74) is 6.88. The monoisotopic (exact) mass is 318 g/mol. The van der Waals surface area contributed by atoms with Gasteiger partial charge in [0.2, 0.25) is 5.91 Å². The highest BCUT2D eigenvalue weighted by Gasteiger charge is 2.28. The number of carbonyl (C=O) groups excluding carboxylic acids is 1. The molecule has 1 heterocycles. The number of hydrogen-bond acceptors (Lipinski definition) is 3. The number of nitrogens with two attached hydrogens (primary N) is 1. The Morgan fingerprint density at radius 3 is 2.65 bits per heavy atom. The van der Waals surface area contributed by atoms with Gasteiger partial charge < -0.3 is 15.4 Å². The van der Waals surface area contributed by atoms with Crippen molar-refractivity contribution in [2.24, 2.45) is 17.6 Å². The molecule has 0 aliphatic carbocycles. The lowest BCUT2D eigenvalue weighted by Crippen LogP contribution is -2.49. The van der Waals surface area contributed by atoms with E-state index in [1.165, 1.54) is 0 Å². The third-order valence-electron chi connectivity index (χ3n) is 4.43. The van der Waals surface area contributed by atoms with Gasteiger partial charge in [0.15, 0.2) is 0 Å². The standard InChI is InChI=1S/C19H30N2O2/c1-14(2)13-23-18-6-4-16(5-7-18)11-19(22)21-9-8-15(3)10-17(21)12-20/h4-7,14-15,17H,8-13,20H2,1-3H3. The van der Waals surface area contributed by atoms with E-state index in [0.717, 1.165) is 30.7 Å². The van der Waals surface area contributed by atoms with Gasteiger partial charge in [-0.05, 0) is 42.4 Å². The second-order valence-electron chi connectivity index (χ2n) is 7.13. The zero-order valence-corrected chi connectivity index (χ0v) is 14.6. The molecule has 1 aliphatic rings. The summed E-state index contributed by atoms with van der Waals surface area (Å²) in [6.07, 6.45) is 2.53. The van der Waals surface area contributed by atoms with Gasteiger partial charge in [0, 0.05) is 19.1 Å². The smallest absolute Gasteiger partial charge is 0.227 e. The highest BCUT2D eigenvalue weighted by molar-refractivity contribution is 5.79. The molecule has 128 valence electrons. The highest BCUT2D eigenvalue weighted by atomic mass is 16.5. The quantitative estimate of drug-likeness (QED) is 0.877. The van der Waals surface area contributed by atoms with Gasteiger partial charge in [-0.3, -0.25) is 4.79 Å². The predicted octanol–water partition coefficient (Wildman–Crippen LogP) is 2.85. The van der Waals surface area contributed by atoms with Crippen molar-refractivity contribution >= 4 is 5.91 Å². The van der Waals surface area contributed by atoms with Crippen LogP contribution in [0.25, 0.3) is 0 Å². The third-order valence-corrected chi connectivity index (χ3v) is 4.43. The zero-order valence-electron chi connectivity index (χ0n) is 14.6. The molecule has 0 radical (unpaired) electrons. The fraction of sp³-hybridized carbons (Fsp3) is 0.632. The maximum atomic E-state index is 12.6. The van der Waals surface area contributed by atoms with Crippen molar-refractivity contribution in [3.63, 3.8) is 0 Å². The molecule has 0 spiro atoms. The molecule has 2 atom stereocenters. The molecule has 1 aromatic carbocycles. The second-order valence-corrected chi connectivity index (χ2v) is 7.13. The lowest BCUT2D eigenvalue weighted by Gasteiger charge is -2.38. The highest BCUT2D eigenvalue weighted by Crippen LogP contribution is 2.23. The van der Waals surface area contributed by atoms with E-state index < -0.39 is 0 Å². The second kappa shape index (κ2) is 8.34. The Hall–Kier alpha value is -1.55. The Balaban J connectivity index is 1.91. The van der Waals surface area contributed by atoms with Crippen LogP contribution in [0.4, 0.5) is 0 Å². The SMILES string of the molecule is CC(C)COc1ccc(CC(=O)N2CCC(C)CC2CN)cc1. The van der Waals surface area contributed by atoms with E-state index in [2.05, 4.69) is 20.8 Å². The van der Waals surface area contributed by atoms with E-state index in [1.54, 1.807) is 0 Å². The molecule has 0 saturated carbocycles. The van der Waals surface area contributed by atoms with Crippen molar-refractivity contribution in [1.29, 1.82) is 0 Å².